The van der Waals surface area contributed by atoms with Crippen LogP contribution in [-0.4, -0.2) is 20.8 Å². The Morgan fingerprint density at radius 2 is 2.16 bits per heavy atom. The Hall–Kier alpha value is -1.32. The minimum Gasteiger partial charge on any atom is -0.459 e. The maximum absolute atomic E-state index is 5.94. The zero-order valence-corrected chi connectivity index (χ0v) is 12.0. The van der Waals surface area contributed by atoms with Crippen LogP contribution < -0.4 is 5.32 Å². The number of hydrogen-bond donors (Lipinski definition) is 1. The molecule has 0 aliphatic carbocycles. The molecule has 0 saturated heterocycles. The molecule has 19 heavy (non-hydrogen) atoms. The highest BCUT2D eigenvalue weighted by Gasteiger charge is 2.13. The summed E-state index contributed by atoms with van der Waals surface area (Å²) in [5.41, 5.74) is 2.26. The standard InChI is InChI=1S/C16H23NO2/c1-4-5-14(17-2)16-11-13-10-12(8-9-18-3)6-7-15(13)19-16/h6-7,10-11,14,17H,4-5,8-9H2,1-3H3. The molecule has 1 aromatic heterocycles. The predicted octanol–water partition coefficient (Wildman–Crippen LogP) is 3.68. The van der Waals surface area contributed by atoms with E-state index in [1.54, 1.807) is 7.11 Å². The van der Waals surface area contributed by atoms with Gasteiger partial charge in [0.2, 0.25) is 0 Å². The lowest BCUT2D eigenvalue weighted by atomic mass is 10.1. The summed E-state index contributed by atoms with van der Waals surface area (Å²) in [5, 5.41) is 4.50. The molecule has 0 radical (unpaired) electrons. The quantitative estimate of drug-likeness (QED) is 0.825. The second kappa shape index (κ2) is 6.73. The zero-order chi connectivity index (χ0) is 13.7. The van der Waals surface area contributed by atoms with Crippen LogP contribution >= 0.6 is 0 Å². The summed E-state index contributed by atoms with van der Waals surface area (Å²) in [5.74, 6) is 1.03. The van der Waals surface area contributed by atoms with E-state index in [1.165, 1.54) is 10.9 Å². The molecule has 0 saturated carbocycles. The molecule has 0 aliphatic rings. The normalized spacial score (nSPS) is 13.0. The van der Waals surface area contributed by atoms with E-state index in [2.05, 4.69) is 36.5 Å². The molecule has 3 nitrogen and oxygen atoms in total. The first kappa shape index (κ1) is 14.1. The number of fused-ring (bicyclic) bond motifs is 1. The van der Waals surface area contributed by atoms with Crippen molar-refractivity contribution >= 4 is 11.0 Å². The number of rotatable bonds is 7. The predicted molar refractivity (Wildman–Crippen MR) is 78.5 cm³/mol. The van der Waals surface area contributed by atoms with E-state index in [0.717, 1.165) is 37.2 Å². The van der Waals surface area contributed by atoms with Crippen LogP contribution in [0.1, 0.15) is 37.1 Å². The number of benzene rings is 1. The molecule has 0 aliphatic heterocycles. The van der Waals surface area contributed by atoms with Gasteiger partial charge in [-0.2, -0.15) is 0 Å². The minimum atomic E-state index is 0.305. The van der Waals surface area contributed by atoms with E-state index in [4.69, 9.17) is 9.15 Å². The van der Waals surface area contributed by atoms with Crippen molar-refractivity contribution in [2.24, 2.45) is 0 Å². The van der Waals surface area contributed by atoms with Gasteiger partial charge in [0.1, 0.15) is 11.3 Å². The van der Waals surface area contributed by atoms with E-state index in [0.29, 0.717) is 6.04 Å². The average molecular weight is 261 g/mol. The molecular weight excluding hydrogens is 238 g/mol. The van der Waals surface area contributed by atoms with Crippen LogP contribution in [0.5, 0.6) is 0 Å². The molecular formula is C16H23NO2. The third-order valence-electron chi connectivity index (χ3n) is 3.46. The Kier molecular flexibility index (Phi) is 5.00. The molecule has 1 heterocycles. The third-order valence-corrected chi connectivity index (χ3v) is 3.46. The Morgan fingerprint density at radius 3 is 2.84 bits per heavy atom. The van der Waals surface area contributed by atoms with Gasteiger partial charge in [-0.1, -0.05) is 19.4 Å². The second-order valence-corrected chi connectivity index (χ2v) is 4.89. The first-order valence-electron chi connectivity index (χ1n) is 6.97. The van der Waals surface area contributed by atoms with E-state index in [-0.39, 0.29) is 0 Å². The lowest BCUT2D eigenvalue weighted by Gasteiger charge is -2.11. The van der Waals surface area contributed by atoms with Gasteiger partial charge in [-0.3, -0.25) is 0 Å². The minimum absolute atomic E-state index is 0.305. The van der Waals surface area contributed by atoms with E-state index >= 15 is 0 Å². The molecule has 2 aromatic rings. The maximum Gasteiger partial charge on any atom is 0.134 e. The Morgan fingerprint density at radius 1 is 1.32 bits per heavy atom. The lowest BCUT2D eigenvalue weighted by Crippen LogP contribution is -2.15. The van der Waals surface area contributed by atoms with Gasteiger partial charge in [0.25, 0.3) is 0 Å². The highest BCUT2D eigenvalue weighted by molar-refractivity contribution is 5.78. The summed E-state index contributed by atoms with van der Waals surface area (Å²) < 4.78 is 11.1. The molecule has 1 unspecified atom stereocenters. The molecule has 3 heteroatoms. The zero-order valence-electron chi connectivity index (χ0n) is 12.0. The van der Waals surface area contributed by atoms with Gasteiger partial charge in [0.15, 0.2) is 0 Å². The highest BCUT2D eigenvalue weighted by Crippen LogP contribution is 2.27. The Balaban J connectivity index is 2.24. The Labute approximate surface area is 114 Å². The van der Waals surface area contributed by atoms with Gasteiger partial charge in [-0.25, -0.2) is 0 Å². The van der Waals surface area contributed by atoms with E-state index in [9.17, 15) is 0 Å². The average Bonchev–Trinajstić information content (AvgIpc) is 2.85. The summed E-state index contributed by atoms with van der Waals surface area (Å²) in [7, 11) is 3.72. The molecule has 104 valence electrons. The molecule has 0 amide bonds. The second-order valence-electron chi connectivity index (χ2n) is 4.89. The SMILES string of the molecule is CCCC(NC)c1cc2cc(CCOC)ccc2o1. The fourth-order valence-electron chi connectivity index (χ4n) is 2.38. The van der Waals surface area contributed by atoms with Gasteiger partial charge in [-0.05, 0) is 43.7 Å². The van der Waals surface area contributed by atoms with Crippen LogP contribution in [0.25, 0.3) is 11.0 Å². The highest BCUT2D eigenvalue weighted by atomic mass is 16.5. The summed E-state index contributed by atoms with van der Waals surface area (Å²) in [6, 6.07) is 8.83. The first-order chi connectivity index (χ1) is 9.28. The number of ether oxygens (including phenoxy) is 1. The van der Waals surface area contributed by atoms with Gasteiger partial charge in [0.05, 0.1) is 12.6 Å². The van der Waals surface area contributed by atoms with Gasteiger partial charge >= 0.3 is 0 Å². The summed E-state index contributed by atoms with van der Waals surface area (Å²) in [6.45, 7) is 2.95. The largest absolute Gasteiger partial charge is 0.459 e. The fourth-order valence-corrected chi connectivity index (χ4v) is 2.38. The molecule has 1 N–H and O–H groups in total. The summed E-state index contributed by atoms with van der Waals surface area (Å²) in [6.07, 6.45) is 3.17. The first-order valence-corrected chi connectivity index (χ1v) is 6.97. The van der Waals surface area contributed by atoms with E-state index < -0.39 is 0 Å². The van der Waals surface area contributed by atoms with Crippen molar-refractivity contribution in [1.29, 1.82) is 0 Å². The van der Waals surface area contributed by atoms with Crippen LogP contribution in [0.3, 0.4) is 0 Å². The maximum atomic E-state index is 5.94. The van der Waals surface area contributed by atoms with E-state index in [1.807, 2.05) is 7.05 Å². The summed E-state index contributed by atoms with van der Waals surface area (Å²) >= 11 is 0. The van der Waals surface area contributed by atoms with Gasteiger partial charge < -0.3 is 14.5 Å². The van der Waals surface area contributed by atoms with Crippen molar-refractivity contribution in [3.05, 3.63) is 35.6 Å². The monoisotopic (exact) mass is 261 g/mol. The van der Waals surface area contributed by atoms with Crippen molar-refractivity contribution < 1.29 is 9.15 Å². The van der Waals surface area contributed by atoms with Crippen LogP contribution in [0.15, 0.2) is 28.7 Å². The van der Waals surface area contributed by atoms with Crippen molar-refractivity contribution in [3.8, 4) is 0 Å². The lowest BCUT2D eigenvalue weighted by molar-refractivity contribution is 0.202. The molecule has 1 atom stereocenters. The topological polar surface area (TPSA) is 34.4 Å². The Bertz CT molecular complexity index is 518. The molecule has 0 bridgehead atoms. The number of hydrogen-bond acceptors (Lipinski definition) is 3. The van der Waals surface area contributed by atoms with Gasteiger partial charge in [-0.15, -0.1) is 0 Å². The van der Waals surface area contributed by atoms with Crippen molar-refractivity contribution in [2.75, 3.05) is 20.8 Å². The van der Waals surface area contributed by atoms with Crippen LogP contribution in [0, 0.1) is 0 Å². The summed E-state index contributed by atoms with van der Waals surface area (Å²) in [4.78, 5) is 0. The van der Waals surface area contributed by atoms with Crippen LogP contribution in [0.2, 0.25) is 0 Å². The number of nitrogens with one attached hydrogen (secondary N) is 1. The smallest absolute Gasteiger partial charge is 0.134 e. The number of furan rings is 1. The van der Waals surface area contributed by atoms with Crippen molar-refractivity contribution in [3.63, 3.8) is 0 Å². The molecule has 0 fully saturated rings. The fraction of sp³-hybridized carbons (Fsp3) is 0.500. The van der Waals surface area contributed by atoms with Crippen LogP contribution in [0.4, 0.5) is 0 Å². The molecule has 0 spiro atoms. The molecule has 2 rings (SSSR count). The van der Waals surface area contributed by atoms with Crippen LogP contribution in [-0.2, 0) is 11.2 Å². The third kappa shape index (κ3) is 3.37. The number of methoxy groups -OCH3 is 1. The molecule has 1 aromatic carbocycles. The van der Waals surface area contributed by atoms with Crippen molar-refractivity contribution in [2.45, 2.75) is 32.2 Å². The van der Waals surface area contributed by atoms with Gasteiger partial charge in [0, 0.05) is 12.5 Å². The van der Waals surface area contributed by atoms with Crippen molar-refractivity contribution in [1.82, 2.24) is 5.32 Å².